The van der Waals surface area contributed by atoms with E-state index in [2.05, 4.69) is 273 Å². The lowest BCUT2D eigenvalue weighted by Crippen LogP contribution is -1.99. The van der Waals surface area contributed by atoms with Crippen molar-refractivity contribution in [3.05, 3.63) is 459 Å². The molecule has 0 saturated carbocycles. The van der Waals surface area contributed by atoms with Crippen LogP contribution in [0.4, 0.5) is 35.1 Å². The van der Waals surface area contributed by atoms with E-state index in [9.17, 15) is 17.6 Å². The fourth-order valence-corrected chi connectivity index (χ4v) is 22.5. The third-order valence-corrected chi connectivity index (χ3v) is 28.1. The summed E-state index contributed by atoms with van der Waals surface area (Å²) in [6, 6.07) is 132. The van der Waals surface area contributed by atoms with Gasteiger partial charge in [0.15, 0.2) is 0 Å². The zero-order chi connectivity index (χ0) is 90.7. The van der Waals surface area contributed by atoms with Crippen LogP contribution in [-0.2, 0) is 0 Å². The van der Waals surface area contributed by atoms with E-state index in [0.717, 1.165) is 219 Å². The van der Waals surface area contributed by atoms with Gasteiger partial charge in [0.1, 0.15) is 46.5 Å². The van der Waals surface area contributed by atoms with Gasteiger partial charge in [-0.05, 0) is 358 Å². The highest BCUT2D eigenvalue weighted by atomic mass is 19.2. The zero-order valence-electron chi connectivity index (χ0n) is 72.1. The van der Waals surface area contributed by atoms with Crippen molar-refractivity contribution in [3.8, 4) is 67.3 Å². The average molecular weight is 1770 g/mol. The summed E-state index contributed by atoms with van der Waals surface area (Å²) in [7, 11) is 0. The quantitative estimate of drug-likeness (QED) is 0.0821. The fourth-order valence-electron chi connectivity index (χ4n) is 22.5. The minimum Gasteiger partial charge on any atom is -0.309 e. The second kappa shape index (κ2) is 30.0. The topological polar surface area (TPSA) is 19.7 Å². The zero-order valence-corrected chi connectivity index (χ0v) is 72.1. The molecular formula is C124H68F8N4. The second-order valence-electron chi connectivity index (χ2n) is 35.5. The van der Waals surface area contributed by atoms with Crippen molar-refractivity contribution >= 4 is 195 Å². The van der Waals surface area contributed by atoms with Crippen LogP contribution in [0.1, 0.15) is 0 Å². The number of fused-ring (bicyclic) bond motifs is 24. The number of hydrogen-bond donors (Lipinski definition) is 0. The van der Waals surface area contributed by atoms with Gasteiger partial charge < -0.3 is 18.3 Å². The molecule has 0 aliphatic heterocycles. The molecule has 24 aromatic carbocycles. The van der Waals surface area contributed by atoms with Gasteiger partial charge >= 0.3 is 0 Å². The van der Waals surface area contributed by atoms with E-state index in [0.29, 0.717) is 43.1 Å². The van der Waals surface area contributed by atoms with Crippen molar-refractivity contribution in [1.82, 2.24) is 18.3 Å². The van der Waals surface area contributed by atoms with E-state index < -0.39 is 46.5 Å². The largest absolute Gasteiger partial charge is 0.309 e. The van der Waals surface area contributed by atoms with Gasteiger partial charge in [-0.2, -0.15) is 0 Å². The van der Waals surface area contributed by atoms with Crippen LogP contribution in [0, 0.1) is 46.5 Å². The van der Waals surface area contributed by atoms with Gasteiger partial charge in [-0.1, -0.05) is 206 Å². The first-order valence-corrected chi connectivity index (χ1v) is 45.2. The molecule has 0 saturated heterocycles. The van der Waals surface area contributed by atoms with Crippen LogP contribution in [-0.4, -0.2) is 18.3 Å². The molecule has 640 valence electrons. The maximum atomic E-state index is 15.1. The van der Waals surface area contributed by atoms with Gasteiger partial charge in [0, 0.05) is 65.8 Å². The molecule has 0 bridgehead atoms. The molecule has 0 radical (unpaired) electrons. The van der Waals surface area contributed by atoms with Gasteiger partial charge in [0.2, 0.25) is 0 Å². The SMILES string of the molecule is Fc1ccc2c(c1)c1cc(F)ccc1n2-c1ccc2c(-c3cc4ccccc4c4ccccc34)c3cc(-n4c5ccc(F)cc5c5cc(F)ccc54)ccc3c(-c3cc4ccccc4c4ccccc34)c2c1.Fc1ccc2c(c1)c1cc(F)ccc1n2-c1ccc2c(-c3cccc4ccccc34)c3cc(-n4c5ccc(F)cc5c5cc(F)ccc54)ccc3c(-c3cccc4ccccc34)c2c1. The predicted octanol–water partition coefficient (Wildman–Crippen LogP) is 35.1. The Morgan fingerprint density at radius 2 is 0.324 bits per heavy atom. The Balaban J connectivity index is 0.000000139. The molecule has 4 aromatic heterocycles. The molecule has 28 aromatic rings. The average Bonchev–Trinajstić information content (AvgIpc) is 0.917. The summed E-state index contributed by atoms with van der Waals surface area (Å²) in [5.41, 5.74) is 17.7. The molecule has 0 N–H and O–H groups in total. The minimum atomic E-state index is -0.395. The van der Waals surface area contributed by atoms with Crippen molar-refractivity contribution in [3.63, 3.8) is 0 Å². The lowest BCUT2D eigenvalue weighted by molar-refractivity contribution is 0.628. The summed E-state index contributed by atoms with van der Waals surface area (Å²) >= 11 is 0. The first-order chi connectivity index (χ1) is 66.7. The summed E-state index contributed by atoms with van der Waals surface area (Å²) in [5.74, 6) is -3.14. The van der Waals surface area contributed by atoms with E-state index in [-0.39, 0.29) is 0 Å². The first kappa shape index (κ1) is 78.4. The number of nitrogens with zero attached hydrogens (tertiary/aromatic N) is 4. The van der Waals surface area contributed by atoms with Gasteiger partial charge in [-0.3, -0.25) is 0 Å². The maximum absolute atomic E-state index is 15.1. The normalized spacial score (nSPS) is 12.1. The number of benzene rings is 24. The number of halogens is 8. The molecule has 0 unspecified atom stereocenters. The van der Waals surface area contributed by atoms with Crippen LogP contribution in [0.5, 0.6) is 0 Å². The second-order valence-corrected chi connectivity index (χ2v) is 35.5. The van der Waals surface area contributed by atoms with E-state index in [1.807, 2.05) is 12.1 Å². The maximum Gasteiger partial charge on any atom is 0.123 e. The van der Waals surface area contributed by atoms with Crippen LogP contribution in [0.3, 0.4) is 0 Å². The first-order valence-electron chi connectivity index (χ1n) is 45.2. The van der Waals surface area contributed by atoms with Crippen molar-refractivity contribution in [1.29, 1.82) is 0 Å². The molecule has 0 fully saturated rings. The summed E-state index contributed by atoms with van der Waals surface area (Å²) in [4.78, 5) is 0. The molecule has 4 nitrogen and oxygen atoms in total. The highest BCUT2D eigenvalue weighted by Crippen LogP contribution is 2.54. The number of aromatic nitrogens is 4. The van der Waals surface area contributed by atoms with E-state index in [1.165, 1.54) is 97.1 Å². The van der Waals surface area contributed by atoms with Crippen molar-refractivity contribution in [2.24, 2.45) is 0 Å². The molecule has 0 amide bonds. The summed E-state index contributed by atoms with van der Waals surface area (Å²) in [6.07, 6.45) is 0. The van der Waals surface area contributed by atoms with Crippen LogP contribution in [0.2, 0.25) is 0 Å². The standard InChI is InChI=1S/C66H36F4N2.C58H32F4N2/c67-39-17-25-61-53(31-39)54-32-40(68)18-26-62(54)71(61)43-22-24-52-59(35-43)65(57-29-37-9-1-3-11-45(37)47-13-5-7-15-49(47)57)51-23-21-44(72-63-27-19-41(69)33-55(63)56-34-42(70)20-28-64(56)72)36-60(51)66(52)58-30-38-10-2-4-12-46(38)48-14-6-8-16-50(48)58;59-35-15-23-53-47(27-35)48-28-36(60)16-24-54(48)63(53)39-20-22-46-51(31-39)57(43-13-5-9-33-7-1-3-11-41(33)43)45-21-19-40(32-52(45)58(46)44-14-6-10-34-8-2-4-12-42(34)44)64-55-25-17-37(61)29-49(55)50-30-38(62)18-26-56(50)64/h1-36H;1-32H. The lowest BCUT2D eigenvalue weighted by atomic mass is 9.82. The number of rotatable bonds is 8. The van der Waals surface area contributed by atoms with Crippen molar-refractivity contribution in [2.45, 2.75) is 0 Å². The van der Waals surface area contributed by atoms with Gasteiger partial charge in [0.25, 0.3) is 0 Å². The third kappa shape index (κ3) is 12.0. The number of hydrogen-bond acceptors (Lipinski definition) is 0. The Bertz CT molecular complexity index is 9330. The minimum absolute atomic E-state index is 0.390. The summed E-state index contributed by atoms with van der Waals surface area (Å²) in [6.45, 7) is 0. The molecule has 4 heterocycles. The van der Waals surface area contributed by atoms with E-state index in [1.54, 1.807) is 48.5 Å². The molecule has 136 heavy (non-hydrogen) atoms. The predicted molar refractivity (Wildman–Crippen MR) is 547 cm³/mol. The Hall–Kier alpha value is -17.5. The van der Waals surface area contributed by atoms with Crippen molar-refractivity contribution in [2.75, 3.05) is 0 Å². The Kier molecular flexibility index (Phi) is 17.3. The molecule has 28 rings (SSSR count). The summed E-state index contributed by atoms with van der Waals surface area (Å²) < 4.78 is 128. The molecule has 0 spiro atoms. The van der Waals surface area contributed by atoms with Crippen LogP contribution in [0.25, 0.3) is 262 Å². The molecule has 12 heteroatoms. The monoisotopic (exact) mass is 1760 g/mol. The smallest absolute Gasteiger partial charge is 0.123 e. The van der Waals surface area contributed by atoms with E-state index in [4.69, 9.17) is 0 Å². The van der Waals surface area contributed by atoms with Gasteiger partial charge in [-0.15, -0.1) is 0 Å². The molecule has 0 atom stereocenters. The fraction of sp³-hybridized carbons (Fsp3) is 0. The Labute approximate surface area is 769 Å². The Morgan fingerprint density at radius 3 is 0.581 bits per heavy atom. The van der Waals surface area contributed by atoms with Crippen LogP contribution >= 0.6 is 0 Å². The molecule has 0 aliphatic rings. The lowest BCUT2D eigenvalue weighted by Gasteiger charge is -2.23. The Morgan fingerprint density at radius 1 is 0.118 bits per heavy atom. The van der Waals surface area contributed by atoms with Crippen molar-refractivity contribution < 1.29 is 35.1 Å². The van der Waals surface area contributed by atoms with E-state index >= 15 is 17.6 Å². The van der Waals surface area contributed by atoms with Crippen LogP contribution < -0.4 is 0 Å². The highest BCUT2D eigenvalue weighted by Gasteiger charge is 2.29. The molecule has 0 aliphatic carbocycles. The third-order valence-electron chi connectivity index (χ3n) is 28.1. The van der Waals surface area contributed by atoms with Crippen LogP contribution in [0.15, 0.2) is 413 Å². The van der Waals surface area contributed by atoms with Gasteiger partial charge in [0.05, 0.1) is 44.1 Å². The highest BCUT2D eigenvalue weighted by molar-refractivity contribution is 6.31. The van der Waals surface area contributed by atoms with Gasteiger partial charge in [-0.25, -0.2) is 35.1 Å². The molecular weight excluding hydrogens is 1700 g/mol. The summed E-state index contributed by atoms with van der Waals surface area (Å²) in [5, 5.41) is 26.3.